The number of nitrogens with one attached hydrogen (secondary N) is 1. The molecule has 88 valence electrons. The standard InChI is InChI=1S/C9H15N5O2/c1-4-9(2,14-6-5-11-13-14)7(12-16)8(15)10-3/h5-6,16H,4H2,1-3H3,(H,10,15)/b12-7-. The molecule has 1 unspecified atom stereocenters. The topological polar surface area (TPSA) is 92.4 Å². The number of nitrogens with zero attached hydrogens (tertiary/aromatic N) is 4. The number of oxime groups is 1. The van der Waals surface area contributed by atoms with E-state index in [0.717, 1.165) is 0 Å². The molecule has 0 bridgehead atoms. The normalized spacial score (nSPS) is 15.6. The average Bonchev–Trinajstić information content (AvgIpc) is 2.83. The molecule has 2 N–H and O–H groups in total. The van der Waals surface area contributed by atoms with Gasteiger partial charge in [0.2, 0.25) is 0 Å². The molecule has 1 amide bonds. The van der Waals surface area contributed by atoms with Crippen LogP contribution in [-0.2, 0) is 10.3 Å². The highest BCUT2D eigenvalue weighted by atomic mass is 16.4. The predicted molar refractivity (Wildman–Crippen MR) is 57.2 cm³/mol. The Hall–Kier alpha value is -1.92. The third-order valence-corrected chi connectivity index (χ3v) is 2.67. The number of aromatic nitrogens is 3. The van der Waals surface area contributed by atoms with Gasteiger partial charge in [0.25, 0.3) is 5.91 Å². The molecule has 7 nitrogen and oxygen atoms in total. The van der Waals surface area contributed by atoms with Crippen LogP contribution in [0.1, 0.15) is 20.3 Å². The minimum Gasteiger partial charge on any atom is -0.410 e. The Labute approximate surface area is 93.1 Å². The summed E-state index contributed by atoms with van der Waals surface area (Å²) >= 11 is 0. The van der Waals surface area contributed by atoms with Crippen molar-refractivity contribution >= 4 is 11.6 Å². The van der Waals surface area contributed by atoms with Crippen LogP contribution in [0.2, 0.25) is 0 Å². The van der Waals surface area contributed by atoms with E-state index in [9.17, 15) is 4.79 Å². The van der Waals surface area contributed by atoms with Crippen LogP contribution >= 0.6 is 0 Å². The molecule has 16 heavy (non-hydrogen) atoms. The van der Waals surface area contributed by atoms with Crippen LogP contribution in [-0.4, -0.2) is 38.9 Å². The third-order valence-electron chi connectivity index (χ3n) is 2.67. The third kappa shape index (κ3) is 1.88. The molecule has 1 rings (SSSR count). The number of amides is 1. The first-order chi connectivity index (χ1) is 7.60. The highest BCUT2D eigenvalue weighted by Gasteiger charge is 2.36. The molecular formula is C9H15N5O2. The van der Waals surface area contributed by atoms with Crippen LogP contribution in [0.15, 0.2) is 17.5 Å². The smallest absolute Gasteiger partial charge is 0.271 e. The van der Waals surface area contributed by atoms with E-state index in [1.807, 2.05) is 6.92 Å². The fraction of sp³-hybridized carbons (Fsp3) is 0.556. The molecule has 0 aliphatic carbocycles. The summed E-state index contributed by atoms with van der Waals surface area (Å²) in [5.74, 6) is -0.442. The van der Waals surface area contributed by atoms with Gasteiger partial charge >= 0.3 is 0 Å². The molecule has 0 aliphatic heterocycles. The molecule has 1 aromatic heterocycles. The Bertz CT molecular complexity index is 387. The Morgan fingerprint density at radius 2 is 2.38 bits per heavy atom. The molecule has 0 spiro atoms. The van der Waals surface area contributed by atoms with Crippen LogP contribution < -0.4 is 5.32 Å². The molecular weight excluding hydrogens is 210 g/mol. The van der Waals surface area contributed by atoms with Gasteiger partial charge in [-0.2, -0.15) is 0 Å². The highest BCUT2D eigenvalue weighted by Crippen LogP contribution is 2.21. The van der Waals surface area contributed by atoms with E-state index >= 15 is 0 Å². The fourth-order valence-electron chi connectivity index (χ4n) is 1.43. The summed E-state index contributed by atoms with van der Waals surface area (Å²) in [6.07, 6.45) is 3.67. The van der Waals surface area contributed by atoms with Crippen molar-refractivity contribution in [2.75, 3.05) is 7.05 Å². The van der Waals surface area contributed by atoms with E-state index in [1.165, 1.54) is 17.9 Å². The quantitative estimate of drug-likeness (QED) is 0.428. The monoisotopic (exact) mass is 225 g/mol. The molecule has 0 fully saturated rings. The number of carbonyl (C=O) groups is 1. The molecule has 0 saturated carbocycles. The molecule has 1 heterocycles. The van der Waals surface area contributed by atoms with Crippen molar-refractivity contribution < 1.29 is 10.0 Å². The zero-order valence-electron chi connectivity index (χ0n) is 9.51. The van der Waals surface area contributed by atoms with E-state index in [1.54, 1.807) is 13.1 Å². The lowest BCUT2D eigenvalue weighted by Gasteiger charge is -2.27. The van der Waals surface area contributed by atoms with Crippen molar-refractivity contribution in [2.24, 2.45) is 5.16 Å². The molecule has 1 atom stereocenters. The molecule has 0 aliphatic rings. The maximum Gasteiger partial charge on any atom is 0.271 e. The summed E-state index contributed by atoms with van der Waals surface area (Å²) in [4.78, 5) is 11.6. The Morgan fingerprint density at radius 1 is 1.69 bits per heavy atom. The van der Waals surface area contributed by atoms with Gasteiger partial charge in [0.05, 0.1) is 6.20 Å². The van der Waals surface area contributed by atoms with Crippen molar-refractivity contribution in [1.29, 1.82) is 0 Å². The second-order valence-corrected chi connectivity index (χ2v) is 3.50. The minimum atomic E-state index is -0.814. The number of carbonyl (C=O) groups excluding carboxylic acids is 1. The Morgan fingerprint density at radius 3 is 2.75 bits per heavy atom. The van der Waals surface area contributed by atoms with Gasteiger partial charge in [-0.25, -0.2) is 4.68 Å². The van der Waals surface area contributed by atoms with Gasteiger partial charge < -0.3 is 10.5 Å². The van der Waals surface area contributed by atoms with Crippen LogP contribution in [0, 0.1) is 0 Å². The van der Waals surface area contributed by atoms with Crippen molar-refractivity contribution in [3.8, 4) is 0 Å². The van der Waals surface area contributed by atoms with Gasteiger partial charge in [-0.15, -0.1) is 5.10 Å². The largest absolute Gasteiger partial charge is 0.410 e. The van der Waals surface area contributed by atoms with E-state index in [2.05, 4.69) is 20.8 Å². The van der Waals surface area contributed by atoms with Crippen molar-refractivity contribution in [3.05, 3.63) is 12.4 Å². The van der Waals surface area contributed by atoms with E-state index < -0.39 is 11.4 Å². The van der Waals surface area contributed by atoms with E-state index in [-0.39, 0.29) is 5.71 Å². The molecule has 7 heteroatoms. The molecule has 1 aromatic rings. The second-order valence-electron chi connectivity index (χ2n) is 3.50. The predicted octanol–water partition coefficient (Wildman–Crippen LogP) is -0.0205. The second kappa shape index (κ2) is 4.73. The lowest BCUT2D eigenvalue weighted by molar-refractivity contribution is -0.115. The van der Waals surface area contributed by atoms with Crippen LogP contribution in [0.4, 0.5) is 0 Å². The summed E-state index contributed by atoms with van der Waals surface area (Å²) in [5, 5.41) is 22.0. The first-order valence-corrected chi connectivity index (χ1v) is 4.91. The van der Waals surface area contributed by atoms with Crippen LogP contribution in [0.3, 0.4) is 0 Å². The summed E-state index contributed by atoms with van der Waals surface area (Å²) in [5.41, 5.74) is -0.811. The fourth-order valence-corrected chi connectivity index (χ4v) is 1.43. The van der Waals surface area contributed by atoms with Crippen molar-refractivity contribution in [3.63, 3.8) is 0 Å². The number of rotatable bonds is 4. The van der Waals surface area contributed by atoms with Gasteiger partial charge in [-0.3, -0.25) is 4.79 Å². The summed E-state index contributed by atoms with van der Waals surface area (Å²) in [6, 6.07) is 0. The zero-order chi connectivity index (χ0) is 12.2. The van der Waals surface area contributed by atoms with Gasteiger partial charge in [-0.05, 0) is 13.3 Å². The molecule has 0 saturated heterocycles. The van der Waals surface area contributed by atoms with Crippen molar-refractivity contribution in [2.45, 2.75) is 25.8 Å². The maximum atomic E-state index is 11.6. The van der Waals surface area contributed by atoms with Crippen LogP contribution in [0.5, 0.6) is 0 Å². The van der Waals surface area contributed by atoms with Crippen molar-refractivity contribution in [1.82, 2.24) is 20.3 Å². The lowest BCUT2D eigenvalue weighted by Crippen LogP contribution is -2.47. The van der Waals surface area contributed by atoms with E-state index in [4.69, 9.17) is 5.21 Å². The Balaban J connectivity index is 3.19. The first-order valence-electron chi connectivity index (χ1n) is 4.91. The number of hydrogen-bond donors (Lipinski definition) is 2. The van der Waals surface area contributed by atoms with E-state index in [0.29, 0.717) is 6.42 Å². The van der Waals surface area contributed by atoms with Gasteiger partial charge in [-0.1, -0.05) is 17.3 Å². The van der Waals surface area contributed by atoms with Crippen LogP contribution in [0.25, 0.3) is 0 Å². The van der Waals surface area contributed by atoms with Gasteiger partial charge in [0.1, 0.15) is 5.54 Å². The SMILES string of the molecule is CCC(C)(/C(=N\O)C(=O)NC)n1ccnn1. The summed E-state index contributed by atoms with van der Waals surface area (Å²) in [6.45, 7) is 3.63. The molecule has 0 radical (unpaired) electrons. The first kappa shape index (κ1) is 12.2. The highest BCUT2D eigenvalue weighted by molar-refractivity contribution is 6.41. The summed E-state index contributed by atoms with van der Waals surface area (Å²) in [7, 11) is 1.48. The molecule has 0 aromatic carbocycles. The average molecular weight is 225 g/mol. The van der Waals surface area contributed by atoms with Gasteiger partial charge in [0, 0.05) is 13.2 Å². The lowest BCUT2D eigenvalue weighted by atomic mass is 9.92. The minimum absolute atomic E-state index is 0.00278. The Kier molecular flexibility index (Phi) is 3.60. The maximum absolute atomic E-state index is 11.6. The zero-order valence-corrected chi connectivity index (χ0v) is 9.51. The summed E-state index contributed by atoms with van der Waals surface area (Å²) < 4.78 is 1.50. The van der Waals surface area contributed by atoms with Gasteiger partial charge in [0.15, 0.2) is 5.71 Å². The number of hydrogen-bond acceptors (Lipinski definition) is 5.